The van der Waals surface area contributed by atoms with Crippen LogP contribution in [-0.2, 0) is 0 Å². The summed E-state index contributed by atoms with van der Waals surface area (Å²) in [5.41, 5.74) is 0. The van der Waals surface area contributed by atoms with Crippen LogP contribution in [0.3, 0.4) is 0 Å². The van der Waals surface area contributed by atoms with Crippen molar-refractivity contribution in [3.63, 3.8) is 0 Å². The quantitative estimate of drug-likeness (QED) is 0.516. The van der Waals surface area contributed by atoms with Crippen LogP contribution in [0.25, 0.3) is 0 Å². The Morgan fingerprint density at radius 3 is 0.824 bits per heavy atom. The Kier molecular flexibility index (Phi) is 6.45. The minimum atomic E-state index is 1.14. The molecule has 3 fully saturated rings. The van der Waals surface area contributed by atoms with E-state index in [1.54, 1.807) is 25.7 Å². The summed E-state index contributed by atoms with van der Waals surface area (Å²) < 4.78 is 0. The second kappa shape index (κ2) is 8.16. The molecule has 0 unspecified atom stereocenters. The second-order valence-corrected chi connectivity index (χ2v) is 6.56. The van der Waals surface area contributed by atoms with Gasteiger partial charge in [-0.05, 0) is 11.8 Å². The molecule has 0 radical (unpaired) electrons. The number of hydrogen-bond donors (Lipinski definition) is 0. The van der Waals surface area contributed by atoms with E-state index in [-0.39, 0.29) is 0 Å². The Hall–Kier alpha value is 0. The molecule has 17 heavy (non-hydrogen) atoms. The molecule has 3 saturated carbocycles. The van der Waals surface area contributed by atoms with Crippen LogP contribution in [0.1, 0.15) is 96.3 Å². The van der Waals surface area contributed by atoms with Crippen molar-refractivity contribution in [2.75, 3.05) is 0 Å². The predicted octanol–water partition coefficient (Wildman–Crippen LogP) is 6.10. The second-order valence-electron chi connectivity index (χ2n) is 6.56. The van der Waals surface area contributed by atoms with Crippen LogP contribution in [0.2, 0.25) is 0 Å². The molecule has 0 aromatic carbocycles. The third-order valence-electron chi connectivity index (χ3n) is 5.22. The van der Waals surface area contributed by atoms with E-state index in [4.69, 9.17) is 0 Å². The summed E-state index contributed by atoms with van der Waals surface area (Å²) in [5, 5.41) is 0. The Morgan fingerprint density at radius 2 is 0.529 bits per heavy atom. The van der Waals surface area contributed by atoms with Crippen molar-refractivity contribution in [2.45, 2.75) is 96.3 Å². The predicted molar refractivity (Wildman–Crippen MR) is 76.2 cm³/mol. The molecule has 0 N–H and O–H groups in total. The molecule has 0 saturated heterocycles. The summed E-state index contributed by atoms with van der Waals surface area (Å²) in [5.74, 6) is 2.28. The van der Waals surface area contributed by atoms with Gasteiger partial charge in [0.25, 0.3) is 0 Å². The molecule has 3 aliphatic carbocycles. The van der Waals surface area contributed by atoms with E-state index in [1.165, 1.54) is 70.6 Å². The molecule has 0 heteroatoms. The zero-order chi connectivity index (χ0) is 11.8. The average Bonchev–Trinajstić information content (AvgIpc) is 3.00. The maximum absolute atomic E-state index is 1.56. The van der Waals surface area contributed by atoms with Crippen LogP contribution < -0.4 is 0 Å². The lowest BCUT2D eigenvalue weighted by atomic mass is 9.73. The van der Waals surface area contributed by atoms with E-state index in [1.807, 2.05) is 0 Å². The highest BCUT2D eigenvalue weighted by atomic mass is 14.3. The average molecular weight is 236 g/mol. The fraction of sp³-hybridized carbons (Fsp3) is 1.00. The van der Waals surface area contributed by atoms with Crippen LogP contribution in [0.4, 0.5) is 0 Å². The van der Waals surface area contributed by atoms with Crippen LogP contribution in [0.15, 0.2) is 0 Å². The van der Waals surface area contributed by atoms with Crippen LogP contribution in [-0.4, -0.2) is 0 Å². The molecule has 0 bridgehead atoms. The smallest absolute Gasteiger partial charge is 0.0386 e. The fourth-order valence-electron chi connectivity index (χ4n) is 4.10. The molecule has 0 aromatic heterocycles. The highest BCUT2D eigenvalue weighted by molar-refractivity contribution is 4.76. The van der Waals surface area contributed by atoms with Gasteiger partial charge in [-0.25, -0.2) is 0 Å². The maximum Gasteiger partial charge on any atom is -0.0386 e. The SMILES string of the molecule is C1CCC(C2CCCCC2)CC1.C1CCCC1. The normalized spacial score (nSPS) is 27.5. The Morgan fingerprint density at radius 1 is 0.294 bits per heavy atom. The molecular formula is C17H32. The first kappa shape index (κ1) is 13.4. The summed E-state index contributed by atoms with van der Waals surface area (Å²) in [7, 11) is 0. The fourth-order valence-corrected chi connectivity index (χ4v) is 4.10. The summed E-state index contributed by atoms with van der Waals surface area (Å²) in [6, 6.07) is 0. The zero-order valence-corrected chi connectivity index (χ0v) is 11.8. The lowest BCUT2D eigenvalue weighted by molar-refractivity contribution is 0.196. The molecule has 0 amide bonds. The van der Waals surface area contributed by atoms with Crippen molar-refractivity contribution < 1.29 is 0 Å². The van der Waals surface area contributed by atoms with E-state index in [2.05, 4.69) is 0 Å². The minimum Gasteiger partial charge on any atom is -0.0533 e. The maximum atomic E-state index is 1.56. The van der Waals surface area contributed by atoms with E-state index >= 15 is 0 Å². The molecule has 100 valence electrons. The monoisotopic (exact) mass is 236 g/mol. The Balaban J connectivity index is 0.000000181. The molecule has 0 heterocycles. The summed E-state index contributed by atoms with van der Waals surface area (Å²) in [6.45, 7) is 0. The van der Waals surface area contributed by atoms with Crippen molar-refractivity contribution in [3.05, 3.63) is 0 Å². The van der Waals surface area contributed by atoms with Gasteiger partial charge in [0.1, 0.15) is 0 Å². The molecule has 0 spiro atoms. The molecule has 0 nitrogen and oxygen atoms in total. The van der Waals surface area contributed by atoms with Crippen molar-refractivity contribution in [3.8, 4) is 0 Å². The topological polar surface area (TPSA) is 0 Å². The molecule has 0 aromatic rings. The van der Waals surface area contributed by atoms with Gasteiger partial charge in [0, 0.05) is 0 Å². The molecule has 3 aliphatic rings. The lowest BCUT2D eigenvalue weighted by Gasteiger charge is -2.32. The lowest BCUT2D eigenvalue weighted by Crippen LogP contribution is -2.20. The van der Waals surface area contributed by atoms with Gasteiger partial charge in [-0.2, -0.15) is 0 Å². The van der Waals surface area contributed by atoms with Crippen LogP contribution in [0.5, 0.6) is 0 Å². The standard InChI is InChI=1S/C12H22.C5H10/c1-3-7-11(8-4-1)12-9-5-2-6-10-12;1-2-4-5-3-1/h11-12H,1-10H2;1-5H2. The molecular weight excluding hydrogens is 204 g/mol. The number of rotatable bonds is 1. The third-order valence-corrected chi connectivity index (χ3v) is 5.22. The van der Waals surface area contributed by atoms with Gasteiger partial charge >= 0.3 is 0 Å². The van der Waals surface area contributed by atoms with Crippen LogP contribution in [0, 0.1) is 11.8 Å². The van der Waals surface area contributed by atoms with E-state index in [0.717, 1.165) is 11.8 Å². The van der Waals surface area contributed by atoms with Crippen LogP contribution >= 0.6 is 0 Å². The first-order valence-corrected chi connectivity index (χ1v) is 8.47. The van der Waals surface area contributed by atoms with Gasteiger partial charge in [0.05, 0.1) is 0 Å². The largest absolute Gasteiger partial charge is 0.0533 e. The van der Waals surface area contributed by atoms with Gasteiger partial charge in [0.15, 0.2) is 0 Å². The van der Waals surface area contributed by atoms with Crippen molar-refractivity contribution >= 4 is 0 Å². The van der Waals surface area contributed by atoms with Gasteiger partial charge in [0.2, 0.25) is 0 Å². The van der Waals surface area contributed by atoms with E-state index in [9.17, 15) is 0 Å². The van der Waals surface area contributed by atoms with Crippen molar-refractivity contribution in [1.82, 2.24) is 0 Å². The van der Waals surface area contributed by atoms with Crippen molar-refractivity contribution in [1.29, 1.82) is 0 Å². The Bertz CT molecular complexity index is 145. The highest BCUT2D eigenvalue weighted by Gasteiger charge is 2.24. The number of hydrogen-bond acceptors (Lipinski definition) is 0. The molecule has 0 aliphatic heterocycles. The summed E-state index contributed by atoms with van der Waals surface area (Å²) in [6.07, 6.45) is 22.9. The van der Waals surface area contributed by atoms with E-state index in [0.29, 0.717) is 0 Å². The minimum absolute atomic E-state index is 1.14. The van der Waals surface area contributed by atoms with E-state index < -0.39 is 0 Å². The van der Waals surface area contributed by atoms with Gasteiger partial charge in [-0.1, -0.05) is 96.3 Å². The first-order valence-electron chi connectivity index (χ1n) is 8.47. The first-order chi connectivity index (χ1) is 8.47. The Labute approximate surface area is 109 Å². The van der Waals surface area contributed by atoms with Gasteiger partial charge in [-0.15, -0.1) is 0 Å². The summed E-state index contributed by atoms with van der Waals surface area (Å²) in [4.78, 5) is 0. The van der Waals surface area contributed by atoms with Gasteiger partial charge in [-0.3, -0.25) is 0 Å². The molecule has 3 rings (SSSR count). The highest BCUT2D eigenvalue weighted by Crippen LogP contribution is 2.37. The third kappa shape index (κ3) is 5.02. The van der Waals surface area contributed by atoms with Gasteiger partial charge < -0.3 is 0 Å². The van der Waals surface area contributed by atoms with Crippen molar-refractivity contribution in [2.24, 2.45) is 11.8 Å². The zero-order valence-electron chi connectivity index (χ0n) is 11.8. The molecule has 0 atom stereocenters. The summed E-state index contributed by atoms with van der Waals surface area (Å²) >= 11 is 0.